The van der Waals surface area contributed by atoms with Gasteiger partial charge in [0, 0.05) is 13.2 Å². The highest BCUT2D eigenvalue weighted by molar-refractivity contribution is 9.10. The molecule has 7 nitrogen and oxygen atoms in total. The van der Waals surface area contributed by atoms with E-state index in [4.69, 9.17) is 0 Å². The average molecular weight is 312 g/mol. The Hall–Kier alpha value is -1.96. The van der Waals surface area contributed by atoms with Crippen LogP contribution in [0.25, 0.3) is 0 Å². The van der Waals surface area contributed by atoms with E-state index in [2.05, 4.69) is 31.3 Å². The fourth-order valence-corrected chi connectivity index (χ4v) is 1.95. The molecule has 2 heterocycles. The lowest BCUT2D eigenvalue weighted by Crippen LogP contribution is -2.02. The zero-order chi connectivity index (χ0) is 13.1. The van der Waals surface area contributed by atoms with Crippen molar-refractivity contribution in [1.29, 1.82) is 0 Å². The van der Waals surface area contributed by atoms with Gasteiger partial charge >= 0.3 is 5.82 Å². The SMILES string of the molecule is CNc1cc(Cn2cc(Br)c([N+](=O)[O-])n2)ccn1. The van der Waals surface area contributed by atoms with Gasteiger partial charge in [0.25, 0.3) is 0 Å². The van der Waals surface area contributed by atoms with Gasteiger partial charge in [-0.2, -0.15) is 4.68 Å². The minimum absolute atomic E-state index is 0.183. The summed E-state index contributed by atoms with van der Waals surface area (Å²) in [4.78, 5) is 14.2. The minimum Gasteiger partial charge on any atom is -0.373 e. The summed E-state index contributed by atoms with van der Waals surface area (Å²) in [6, 6.07) is 3.70. The third kappa shape index (κ3) is 2.65. The Labute approximate surface area is 111 Å². The zero-order valence-electron chi connectivity index (χ0n) is 9.50. The third-order valence-electron chi connectivity index (χ3n) is 2.30. The number of hydrogen-bond acceptors (Lipinski definition) is 5. The normalized spacial score (nSPS) is 10.3. The lowest BCUT2D eigenvalue weighted by Gasteiger charge is -2.01. The van der Waals surface area contributed by atoms with Crippen molar-refractivity contribution in [2.24, 2.45) is 0 Å². The molecule has 0 spiro atoms. The van der Waals surface area contributed by atoms with Gasteiger partial charge in [-0.05, 0) is 38.5 Å². The van der Waals surface area contributed by atoms with E-state index in [0.717, 1.165) is 11.4 Å². The van der Waals surface area contributed by atoms with Crippen molar-refractivity contribution in [2.45, 2.75) is 6.54 Å². The van der Waals surface area contributed by atoms with Gasteiger partial charge in [0.2, 0.25) is 0 Å². The predicted molar refractivity (Wildman–Crippen MR) is 69.5 cm³/mol. The number of halogens is 1. The Kier molecular flexibility index (Phi) is 3.56. The summed E-state index contributed by atoms with van der Waals surface area (Å²) in [5.41, 5.74) is 0.958. The lowest BCUT2D eigenvalue weighted by molar-refractivity contribution is -0.390. The van der Waals surface area contributed by atoms with Crippen LogP contribution in [-0.4, -0.2) is 26.7 Å². The lowest BCUT2D eigenvalue weighted by atomic mass is 10.2. The third-order valence-corrected chi connectivity index (χ3v) is 2.86. The number of hydrogen-bond donors (Lipinski definition) is 1. The summed E-state index contributed by atoms with van der Waals surface area (Å²) in [5.74, 6) is 0.561. The van der Waals surface area contributed by atoms with Gasteiger partial charge in [0.05, 0.1) is 17.8 Å². The molecule has 0 saturated heterocycles. The van der Waals surface area contributed by atoms with Crippen molar-refractivity contribution in [3.8, 4) is 0 Å². The molecule has 0 radical (unpaired) electrons. The Morgan fingerprint density at radius 3 is 3.00 bits per heavy atom. The number of rotatable bonds is 4. The second-order valence-corrected chi connectivity index (χ2v) is 4.41. The first-order valence-corrected chi connectivity index (χ1v) is 5.89. The van der Waals surface area contributed by atoms with E-state index in [9.17, 15) is 10.1 Å². The second-order valence-electron chi connectivity index (χ2n) is 3.55. The molecule has 0 amide bonds. The van der Waals surface area contributed by atoms with Crippen molar-refractivity contribution in [3.05, 3.63) is 44.7 Å². The maximum Gasteiger partial charge on any atom is 0.404 e. The van der Waals surface area contributed by atoms with E-state index >= 15 is 0 Å². The molecule has 0 fully saturated rings. The fourth-order valence-electron chi connectivity index (χ4n) is 1.49. The Balaban J connectivity index is 2.23. The molecule has 8 heteroatoms. The van der Waals surface area contributed by atoms with Crippen LogP contribution in [0.4, 0.5) is 11.6 Å². The standard InChI is InChI=1S/C10H10BrN5O2/c1-12-9-4-7(2-3-13-9)5-15-6-8(11)10(14-15)16(17)18/h2-4,6H,5H2,1H3,(H,12,13). The molecule has 0 aromatic carbocycles. The molecule has 0 saturated carbocycles. The molecule has 1 N–H and O–H groups in total. The Bertz CT molecular complexity index is 583. The molecule has 94 valence electrons. The maximum atomic E-state index is 10.7. The van der Waals surface area contributed by atoms with E-state index < -0.39 is 4.92 Å². The average Bonchev–Trinajstić information content (AvgIpc) is 2.70. The number of anilines is 1. The van der Waals surface area contributed by atoms with Gasteiger partial charge in [-0.1, -0.05) is 0 Å². The predicted octanol–water partition coefficient (Wildman–Crippen LogP) is 2.04. The highest BCUT2D eigenvalue weighted by Gasteiger charge is 2.18. The van der Waals surface area contributed by atoms with Crippen LogP contribution in [0.3, 0.4) is 0 Å². The summed E-state index contributed by atoms with van der Waals surface area (Å²) in [6.07, 6.45) is 3.26. The van der Waals surface area contributed by atoms with Crippen molar-refractivity contribution in [1.82, 2.24) is 14.8 Å². The Morgan fingerprint density at radius 1 is 1.61 bits per heavy atom. The number of aromatic nitrogens is 3. The van der Waals surface area contributed by atoms with Gasteiger partial charge < -0.3 is 15.4 Å². The number of nitro groups is 1. The largest absolute Gasteiger partial charge is 0.404 e. The minimum atomic E-state index is -0.522. The summed E-state index contributed by atoms with van der Waals surface area (Å²) in [5, 5.41) is 17.5. The molecule has 0 bridgehead atoms. The number of nitrogens with zero attached hydrogens (tertiary/aromatic N) is 4. The van der Waals surface area contributed by atoms with E-state index in [-0.39, 0.29) is 5.82 Å². The van der Waals surface area contributed by atoms with Crippen LogP contribution in [-0.2, 0) is 6.54 Å². The molecular weight excluding hydrogens is 302 g/mol. The first-order chi connectivity index (χ1) is 8.60. The second kappa shape index (κ2) is 5.13. The molecule has 2 rings (SSSR count). The highest BCUT2D eigenvalue weighted by Crippen LogP contribution is 2.22. The van der Waals surface area contributed by atoms with Gasteiger partial charge in [0.1, 0.15) is 10.3 Å². The summed E-state index contributed by atoms with van der Waals surface area (Å²) in [6.45, 7) is 0.448. The molecule has 18 heavy (non-hydrogen) atoms. The van der Waals surface area contributed by atoms with Crippen molar-refractivity contribution in [3.63, 3.8) is 0 Å². The molecule has 2 aromatic heterocycles. The van der Waals surface area contributed by atoms with Crippen LogP contribution in [0.2, 0.25) is 0 Å². The van der Waals surface area contributed by atoms with Gasteiger partial charge in [-0.25, -0.2) is 4.98 Å². The van der Waals surface area contributed by atoms with Crippen LogP contribution < -0.4 is 5.32 Å². The topological polar surface area (TPSA) is 85.9 Å². The van der Waals surface area contributed by atoms with Crippen LogP contribution in [0.15, 0.2) is 29.0 Å². The van der Waals surface area contributed by atoms with Crippen LogP contribution >= 0.6 is 15.9 Å². The van der Waals surface area contributed by atoms with Crippen molar-refractivity contribution in [2.75, 3.05) is 12.4 Å². The molecule has 0 aliphatic rings. The summed E-state index contributed by atoms with van der Waals surface area (Å²) in [7, 11) is 1.78. The molecule has 2 aromatic rings. The number of nitrogens with one attached hydrogen (secondary N) is 1. The summed E-state index contributed by atoms with van der Waals surface area (Å²) >= 11 is 3.11. The highest BCUT2D eigenvalue weighted by atomic mass is 79.9. The van der Waals surface area contributed by atoms with Gasteiger partial charge in [-0.15, -0.1) is 0 Å². The summed E-state index contributed by atoms with van der Waals surface area (Å²) < 4.78 is 1.88. The van der Waals surface area contributed by atoms with Crippen LogP contribution in [0.1, 0.15) is 5.56 Å². The van der Waals surface area contributed by atoms with E-state index in [1.54, 1.807) is 19.4 Å². The maximum absolute atomic E-state index is 10.7. The molecule has 0 aliphatic carbocycles. The molecular formula is C10H10BrN5O2. The van der Waals surface area contributed by atoms with E-state index in [1.807, 2.05) is 12.1 Å². The molecule has 0 atom stereocenters. The smallest absolute Gasteiger partial charge is 0.373 e. The zero-order valence-corrected chi connectivity index (χ0v) is 11.1. The number of pyridine rings is 1. The fraction of sp³-hybridized carbons (Fsp3) is 0.200. The molecule has 0 aliphatic heterocycles. The first kappa shape index (κ1) is 12.5. The van der Waals surface area contributed by atoms with Gasteiger partial charge in [0.15, 0.2) is 0 Å². The Morgan fingerprint density at radius 2 is 2.39 bits per heavy atom. The van der Waals surface area contributed by atoms with Crippen LogP contribution in [0, 0.1) is 10.1 Å². The first-order valence-electron chi connectivity index (χ1n) is 5.10. The van der Waals surface area contributed by atoms with E-state index in [1.165, 1.54) is 4.68 Å². The van der Waals surface area contributed by atoms with Crippen molar-refractivity contribution >= 4 is 27.6 Å². The van der Waals surface area contributed by atoms with E-state index in [0.29, 0.717) is 11.0 Å². The quantitative estimate of drug-likeness (QED) is 0.689. The molecule has 0 unspecified atom stereocenters. The van der Waals surface area contributed by atoms with Gasteiger partial charge in [-0.3, -0.25) is 0 Å². The monoisotopic (exact) mass is 311 g/mol. The van der Waals surface area contributed by atoms with Crippen LogP contribution in [0.5, 0.6) is 0 Å². The van der Waals surface area contributed by atoms with Crippen molar-refractivity contribution < 1.29 is 4.92 Å².